The summed E-state index contributed by atoms with van der Waals surface area (Å²) in [6.45, 7) is 2.03. The van der Waals surface area contributed by atoms with Crippen molar-refractivity contribution in [2.75, 3.05) is 25.6 Å². The van der Waals surface area contributed by atoms with Crippen molar-refractivity contribution in [3.05, 3.63) is 43.0 Å². The lowest BCUT2D eigenvalue weighted by Crippen LogP contribution is -2.22. The van der Waals surface area contributed by atoms with Crippen LogP contribution in [0.3, 0.4) is 0 Å². The first-order chi connectivity index (χ1) is 11.4. The number of nitrogens with one attached hydrogen (secondary N) is 2. The predicted molar refractivity (Wildman–Crippen MR) is 88.1 cm³/mol. The van der Waals surface area contributed by atoms with Crippen molar-refractivity contribution < 1.29 is 4.39 Å². The molecule has 0 aliphatic carbocycles. The smallest absolute Gasteiger partial charge is 0.145 e. The van der Waals surface area contributed by atoms with Gasteiger partial charge in [0.2, 0.25) is 0 Å². The van der Waals surface area contributed by atoms with Crippen molar-refractivity contribution in [3.8, 4) is 11.3 Å². The summed E-state index contributed by atoms with van der Waals surface area (Å²) in [7, 11) is 0.500. The zero-order valence-corrected chi connectivity index (χ0v) is 12.9. The highest BCUT2D eigenvalue weighted by Gasteiger charge is 2.15. The molecule has 0 amide bonds. The Labute approximate surface area is 133 Å². The first kappa shape index (κ1) is 15.4. The molecule has 1 fully saturated rings. The van der Waals surface area contributed by atoms with E-state index < -0.39 is 0 Å². The molecule has 4 rings (SSSR count). The maximum absolute atomic E-state index is 9.50. The molecule has 3 aromatic rings. The number of hydrogen-bond donors (Lipinski definition) is 2. The fourth-order valence-electron chi connectivity index (χ4n) is 2.68. The molecule has 23 heavy (non-hydrogen) atoms. The predicted octanol–water partition coefficient (Wildman–Crippen LogP) is 2.15. The van der Waals surface area contributed by atoms with Gasteiger partial charge in [0.1, 0.15) is 5.82 Å². The van der Waals surface area contributed by atoms with Crippen LogP contribution in [0.15, 0.2) is 43.0 Å². The van der Waals surface area contributed by atoms with Gasteiger partial charge in [-0.1, -0.05) is 6.07 Å². The van der Waals surface area contributed by atoms with Crippen molar-refractivity contribution in [2.45, 2.75) is 12.5 Å². The molecule has 7 heteroatoms. The molecule has 0 aromatic carbocycles. The SMILES string of the molecule is CF.c1ccn2ncc(-c3cncc(NC4CCNC4)n3)c2c1. The van der Waals surface area contributed by atoms with Crippen molar-refractivity contribution in [2.24, 2.45) is 0 Å². The Bertz CT molecular complexity index is 766. The highest BCUT2D eigenvalue weighted by molar-refractivity contribution is 5.77. The van der Waals surface area contributed by atoms with E-state index >= 15 is 0 Å². The van der Waals surface area contributed by atoms with Gasteiger partial charge in [0.05, 0.1) is 37.0 Å². The molecule has 1 saturated heterocycles. The number of halogens is 1. The maximum atomic E-state index is 9.50. The second-order valence-electron chi connectivity index (χ2n) is 5.21. The summed E-state index contributed by atoms with van der Waals surface area (Å²) < 4.78 is 11.3. The maximum Gasteiger partial charge on any atom is 0.145 e. The van der Waals surface area contributed by atoms with Crippen LogP contribution in [-0.4, -0.2) is 45.9 Å². The zero-order valence-electron chi connectivity index (χ0n) is 12.9. The van der Waals surface area contributed by atoms with E-state index in [2.05, 4.69) is 25.7 Å². The average Bonchev–Trinajstić information content (AvgIpc) is 3.26. The Morgan fingerprint density at radius 3 is 3.00 bits per heavy atom. The Morgan fingerprint density at radius 2 is 2.17 bits per heavy atom. The summed E-state index contributed by atoms with van der Waals surface area (Å²) in [5, 5.41) is 11.1. The van der Waals surface area contributed by atoms with Gasteiger partial charge in [0, 0.05) is 24.3 Å². The van der Waals surface area contributed by atoms with E-state index in [0.717, 1.165) is 42.1 Å². The van der Waals surface area contributed by atoms with Gasteiger partial charge in [0.25, 0.3) is 0 Å². The molecule has 120 valence electrons. The lowest BCUT2D eigenvalue weighted by Gasteiger charge is -2.12. The molecule has 0 spiro atoms. The van der Waals surface area contributed by atoms with Crippen molar-refractivity contribution in [3.63, 3.8) is 0 Å². The van der Waals surface area contributed by atoms with Crippen LogP contribution >= 0.6 is 0 Å². The number of alkyl halides is 1. The number of nitrogens with zero attached hydrogens (tertiary/aromatic N) is 4. The minimum atomic E-state index is 0.429. The van der Waals surface area contributed by atoms with E-state index in [1.54, 1.807) is 12.4 Å². The molecular formula is C16H19FN6. The average molecular weight is 314 g/mol. The van der Waals surface area contributed by atoms with Crippen LogP contribution in [-0.2, 0) is 0 Å². The van der Waals surface area contributed by atoms with Crippen LogP contribution in [0.5, 0.6) is 0 Å². The first-order valence-corrected chi connectivity index (χ1v) is 7.50. The molecule has 3 aromatic heterocycles. The topological polar surface area (TPSA) is 67.1 Å². The van der Waals surface area contributed by atoms with E-state index in [-0.39, 0.29) is 0 Å². The fraction of sp³-hybridized carbons (Fsp3) is 0.312. The second-order valence-corrected chi connectivity index (χ2v) is 5.21. The third-order valence-corrected chi connectivity index (χ3v) is 3.75. The number of rotatable bonds is 3. The van der Waals surface area contributed by atoms with Crippen molar-refractivity contribution in [1.82, 2.24) is 24.9 Å². The largest absolute Gasteiger partial charge is 0.365 e. The van der Waals surface area contributed by atoms with E-state index in [1.165, 1.54) is 0 Å². The van der Waals surface area contributed by atoms with Crippen LogP contribution in [0.2, 0.25) is 0 Å². The number of anilines is 1. The lowest BCUT2D eigenvalue weighted by atomic mass is 10.2. The summed E-state index contributed by atoms with van der Waals surface area (Å²) in [4.78, 5) is 8.98. The molecule has 4 heterocycles. The zero-order chi connectivity index (χ0) is 16.1. The molecule has 1 atom stereocenters. The molecule has 2 N–H and O–H groups in total. The summed E-state index contributed by atoms with van der Waals surface area (Å²) in [6, 6.07) is 6.42. The number of pyridine rings is 1. The Kier molecular flexibility index (Phi) is 4.77. The van der Waals surface area contributed by atoms with Crippen LogP contribution in [0, 0.1) is 0 Å². The molecule has 1 aliphatic rings. The summed E-state index contributed by atoms with van der Waals surface area (Å²) in [6.07, 6.45) is 8.43. The summed E-state index contributed by atoms with van der Waals surface area (Å²) >= 11 is 0. The van der Waals surface area contributed by atoms with Gasteiger partial charge in [-0.05, 0) is 25.1 Å². The summed E-state index contributed by atoms with van der Waals surface area (Å²) in [5.41, 5.74) is 2.87. The van der Waals surface area contributed by atoms with Gasteiger partial charge in [-0.25, -0.2) is 9.50 Å². The van der Waals surface area contributed by atoms with Gasteiger partial charge >= 0.3 is 0 Å². The van der Waals surface area contributed by atoms with Crippen molar-refractivity contribution in [1.29, 1.82) is 0 Å². The van der Waals surface area contributed by atoms with E-state index in [4.69, 9.17) is 0 Å². The number of hydrogen-bond acceptors (Lipinski definition) is 5. The Balaban J connectivity index is 0.000000753. The Hall–Kier alpha value is -2.54. The monoisotopic (exact) mass is 314 g/mol. The number of aromatic nitrogens is 4. The van der Waals surface area contributed by atoms with Crippen molar-refractivity contribution >= 4 is 11.3 Å². The molecule has 1 unspecified atom stereocenters. The summed E-state index contributed by atoms with van der Waals surface area (Å²) in [5.74, 6) is 0.816. The highest BCUT2D eigenvalue weighted by atomic mass is 19.1. The highest BCUT2D eigenvalue weighted by Crippen LogP contribution is 2.23. The van der Waals surface area contributed by atoms with Gasteiger partial charge in [0.15, 0.2) is 0 Å². The van der Waals surface area contributed by atoms with E-state index in [9.17, 15) is 4.39 Å². The van der Waals surface area contributed by atoms with Crippen LogP contribution < -0.4 is 10.6 Å². The third-order valence-electron chi connectivity index (χ3n) is 3.75. The quantitative estimate of drug-likeness (QED) is 0.775. The molecule has 0 bridgehead atoms. The minimum absolute atomic E-state index is 0.429. The molecule has 0 radical (unpaired) electrons. The standard InChI is InChI=1S/C15H16N6.CH3F/c1-2-6-21-14(3-1)12(8-18-21)13-9-17-10-15(20-13)19-11-4-5-16-7-11;1-2/h1-3,6,8-11,16H,4-5,7H2,(H,19,20);1H3. The van der Waals surface area contributed by atoms with Gasteiger partial charge in [-0.2, -0.15) is 5.10 Å². The molecular weight excluding hydrogens is 295 g/mol. The molecule has 0 saturated carbocycles. The van der Waals surface area contributed by atoms with E-state index in [1.807, 2.05) is 35.1 Å². The first-order valence-electron chi connectivity index (χ1n) is 7.50. The van der Waals surface area contributed by atoms with Gasteiger partial charge < -0.3 is 10.6 Å². The van der Waals surface area contributed by atoms with Crippen LogP contribution in [0.25, 0.3) is 16.8 Å². The van der Waals surface area contributed by atoms with Crippen LogP contribution in [0.4, 0.5) is 10.2 Å². The number of fused-ring (bicyclic) bond motifs is 1. The molecule has 1 aliphatic heterocycles. The molecule has 6 nitrogen and oxygen atoms in total. The van der Waals surface area contributed by atoms with Crippen LogP contribution in [0.1, 0.15) is 6.42 Å². The Morgan fingerprint density at radius 1 is 1.26 bits per heavy atom. The van der Waals surface area contributed by atoms with E-state index in [0.29, 0.717) is 13.2 Å². The van der Waals surface area contributed by atoms with Gasteiger partial charge in [-0.15, -0.1) is 0 Å². The lowest BCUT2D eigenvalue weighted by molar-refractivity contribution is 0.636. The van der Waals surface area contributed by atoms with Gasteiger partial charge in [-0.3, -0.25) is 9.37 Å². The fourth-order valence-corrected chi connectivity index (χ4v) is 2.68. The third kappa shape index (κ3) is 3.29. The minimum Gasteiger partial charge on any atom is -0.365 e. The second kappa shape index (κ2) is 7.15. The normalized spacial score (nSPS) is 16.9.